The van der Waals surface area contributed by atoms with Crippen molar-refractivity contribution in [3.8, 4) is 0 Å². The van der Waals surface area contributed by atoms with Crippen molar-refractivity contribution in [1.29, 1.82) is 0 Å². The van der Waals surface area contributed by atoms with Gasteiger partial charge in [0.25, 0.3) is 0 Å². The second-order valence-electron chi connectivity index (χ2n) is 8.37. The first-order valence-electron chi connectivity index (χ1n) is 10.9. The van der Waals surface area contributed by atoms with Crippen molar-refractivity contribution in [3.63, 3.8) is 0 Å². The van der Waals surface area contributed by atoms with Gasteiger partial charge in [0.15, 0.2) is 0 Å². The van der Waals surface area contributed by atoms with E-state index < -0.39 is 10.2 Å². The van der Waals surface area contributed by atoms with E-state index in [0.29, 0.717) is 24.7 Å². The van der Waals surface area contributed by atoms with Crippen LogP contribution < -0.4 is 9.21 Å². The smallest absolute Gasteiger partial charge is 0.304 e. The third-order valence-corrected chi connectivity index (χ3v) is 8.33. The summed E-state index contributed by atoms with van der Waals surface area (Å²) in [6.45, 7) is 5.34. The highest BCUT2D eigenvalue weighted by atomic mass is 35.5. The van der Waals surface area contributed by atoms with Gasteiger partial charge in [-0.3, -0.25) is 9.10 Å². The molecule has 0 radical (unpaired) electrons. The average Bonchev–Trinajstić information content (AvgIpc) is 2.79. The number of anilines is 2. The number of aryl methyl sites for hydroxylation is 1. The van der Waals surface area contributed by atoms with Gasteiger partial charge in [-0.25, -0.2) is 0 Å². The molecule has 0 aromatic heterocycles. The van der Waals surface area contributed by atoms with Crippen LogP contribution >= 0.6 is 11.6 Å². The third kappa shape index (κ3) is 4.72. The molecule has 4 rings (SSSR count). The second kappa shape index (κ2) is 9.29. The van der Waals surface area contributed by atoms with E-state index >= 15 is 0 Å². The molecule has 1 saturated heterocycles. The number of carbonyl (C=O) groups is 1. The predicted octanol–water partition coefficient (Wildman–Crippen LogP) is 3.14. The van der Waals surface area contributed by atoms with Crippen molar-refractivity contribution >= 4 is 39.1 Å². The SMILES string of the molecule is CC(=O)N1CCN(c2ccc3c(c2)CCCN3S(=O)(=O)N(C)Cc2ccc(Cl)cc2)CC1. The van der Waals surface area contributed by atoms with Crippen molar-refractivity contribution in [2.24, 2.45) is 0 Å². The molecule has 7 nitrogen and oxygen atoms in total. The Kier molecular flexibility index (Phi) is 6.65. The van der Waals surface area contributed by atoms with Gasteiger partial charge in [-0.1, -0.05) is 23.7 Å². The lowest BCUT2D eigenvalue weighted by atomic mass is 10.0. The Balaban J connectivity index is 1.51. The number of benzene rings is 2. The summed E-state index contributed by atoms with van der Waals surface area (Å²) >= 11 is 5.95. The Morgan fingerprint density at radius 3 is 2.38 bits per heavy atom. The molecule has 32 heavy (non-hydrogen) atoms. The summed E-state index contributed by atoms with van der Waals surface area (Å²) in [6.07, 6.45) is 1.63. The first kappa shape index (κ1) is 22.9. The van der Waals surface area contributed by atoms with Crippen LogP contribution in [0.15, 0.2) is 42.5 Å². The molecule has 172 valence electrons. The fraction of sp³-hybridized carbons (Fsp3) is 0.435. The Hall–Kier alpha value is -2.29. The topological polar surface area (TPSA) is 64.2 Å². The molecule has 2 heterocycles. The van der Waals surface area contributed by atoms with E-state index in [1.165, 1.54) is 8.61 Å². The van der Waals surface area contributed by atoms with Crippen molar-refractivity contribution in [2.45, 2.75) is 26.3 Å². The van der Waals surface area contributed by atoms with E-state index in [2.05, 4.69) is 11.0 Å². The lowest BCUT2D eigenvalue weighted by molar-refractivity contribution is -0.129. The summed E-state index contributed by atoms with van der Waals surface area (Å²) in [5, 5.41) is 0.628. The van der Waals surface area contributed by atoms with Crippen LogP contribution in [0.2, 0.25) is 5.02 Å². The molecule has 0 spiro atoms. The number of halogens is 1. The van der Waals surface area contributed by atoms with E-state index in [1.807, 2.05) is 29.2 Å². The molecule has 2 aliphatic rings. The zero-order valence-electron chi connectivity index (χ0n) is 18.5. The molecule has 1 amide bonds. The third-order valence-electron chi connectivity index (χ3n) is 6.22. The van der Waals surface area contributed by atoms with E-state index in [4.69, 9.17) is 11.6 Å². The lowest BCUT2D eigenvalue weighted by Crippen LogP contribution is -2.48. The van der Waals surface area contributed by atoms with E-state index in [0.717, 1.165) is 48.4 Å². The van der Waals surface area contributed by atoms with Crippen LogP contribution in [0.3, 0.4) is 0 Å². The number of nitrogens with zero attached hydrogens (tertiary/aromatic N) is 4. The van der Waals surface area contributed by atoms with Crippen LogP contribution in [-0.2, 0) is 28.0 Å². The van der Waals surface area contributed by atoms with E-state index in [9.17, 15) is 13.2 Å². The minimum atomic E-state index is -3.66. The molecule has 0 saturated carbocycles. The van der Waals surface area contributed by atoms with Crippen molar-refractivity contribution < 1.29 is 13.2 Å². The van der Waals surface area contributed by atoms with Crippen molar-refractivity contribution in [1.82, 2.24) is 9.21 Å². The maximum atomic E-state index is 13.4. The van der Waals surface area contributed by atoms with E-state index in [-0.39, 0.29) is 12.5 Å². The summed E-state index contributed by atoms with van der Waals surface area (Å²) in [5.41, 5.74) is 3.77. The largest absolute Gasteiger partial charge is 0.368 e. The number of piperazine rings is 1. The van der Waals surface area contributed by atoms with Crippen LogP contribution in [-0.4, -0.2) is 63.3 Å². The lowest BCUT2D eigenvalue weighted by Gasteiger charge is -2.37. The predicted molar refractivity (Wildman–Crippen MR) is 128 cm³/mol. The number of hydrogen-bond acceptors (Lipinski definition) is 4. The molecule has 0 aliphatic carbocycles. The Morgan fingerprint density at radius 2 is 1.72 bits per heavy atom. The average molecular weight is 477 g/mol. The standard InChI is InChI=1S/C23H29ClN4O3S/c1-18(29)26-12-14-27(15-13-26)22-9-10-23-20(16-22)4-3-11-28(23)32(30,31)25(2)17-19-5-7-21(24)8-6-19/h5-10,16H,3-4,11-15,17H2,1-2H3. The quantitative estimate of drug-likeness (QED) is 0.665. The molecule has 0 atom stereocenters. The van der Waals surface area contributed by atoms with Gasteiger partial charge in [0.2, 0.25) is 5.91 Å². The van der Waals surface area contributed by atoms with Gasteiger partial charge in [0, 0.05) is 63.9 Å². The summed E-state index contributed by atoms with van der Waals surface area (Å²) in [6, 6.07) is 13.3. The van der Waals surface area contributed by atoms with Gasteiger partial charge in [-0.15, -0.1) is 0 Å². The number of hydrogen-bond donors (Lipinski definition) is 0. The highest BCUT2D eigenvalue weighted by Gasteiger charge is 2.31. The minimum Gasteiger partial charge on any atom is -0.368 e. The number of fused-ring (bicyclic) bond motifs is 1. The van der Waals surface area contributed by atoms with Crippen LogP contribution in [0, 0.1) is 0 Å². The minimum absolute atomic E-state index is 0.110. The van der Waals surface area contributed by atoms with Crippen molar-refractivity contribution in [3.05, 3.63) is 58.6 Å². The molecule has 0 N–H and O–H groups in total. The molecular weight excluding hydrogens is 448 g/mol. The Labute approximate surface area is 195 Å². The molecule has 2 aromatic carbocycles. The number of carbonyl (C=O) groups excluding carboxylic acids is 1. The molecule has 0 bridgehead atoms. The Bertz CT molecular complexity index is 1080. The molecule has 2 aromatic rings. The highest BCUT2D eigenvalue weighted by molar-refractivity contribution is 7.90. The highest BCUT2D eigenvalue weighted by Crippen LogP contribution is 2.34. The fourth-order valence-corrected chi connectivity index (χ4v) is 5.92. The summed E-state index contributed by atoms with van der Waals surface area (Å²) in [7, 11) is -2.05. The summed E-state index contributed by atoms with van der Waals surface area (Å²) < 4.78 is 29.7. The summed E-state index contributed by atoms with van der Waals surface area (Å²) in [5.74, 6) is 0.110. The van der Waals surface area contributed by atoms with Gasteiger partial charge in [-0.05, 0) is 54.3 Å². The zero-order valence-corrected chi connectivity index (χ0v) is 20.1. The maximum Gasteiger partial charge on any atom is 0.304 e. The molecular formula is C23H29ClN4O3S. The van der Waals surface area contributed by atoms with Gasteiger partial charge >= 0.3 is 10.2 Å². The molecule has 1 fully saturated rings. The van der Waals surface area contributed by atoms with Crippen LogP contribution in [0.1, 0.15) is 24.5 Å². The van der Waals surface area contributed by atoms with Gasteiger partial charge in [0.1, 0.15) is 0 Å². The number of rotatable bonds is 5. The molecule has 9 heteroatoms. The normalized spacial score (nSPS) is 16.9. The molecule has 0 unspecified atom stereocenters. The van der Waals surface area contributed by atoms with Gasteiger partial charge in [0.05, 0.1) is 5.69 Å². The van der Waals surface area contributed by atoms with Gasteiger partial charge < -0.3 is 9.80 Å². The monoisotopic (exact) mass is 476 g/mol. The maximum absolute atomic E-state index is 13.4. The first-order chi connectivity index (χ1) is 15.3. The van der Waals surface area contributed by atoms with Gasteiger partial charge in [-0.2, -0.15) is 12.7 Å². The van der Waals surface area contributed by atoms with Crippen molar-refractivity contribution in [2.75, 3.05) is 49.0 Å². The van der Waals surface area contributed by atoms with E-state index in [1.54, 1.807) is 26.1 Å². The van der Waals surface area contributed by atoms with Crippen LogP contribution in [0.25, 0.3) is 0 Å². The molecule has 2 aliphatic heterocycles. The van der Waals surface area contributed by atoms with Crippen LogP contribution in [0.5, 0.6) is 0 Å². The Morgan fingerprint density at radius 1 is 1.03 bits per heavy atom. The summed E-state index contributed by atoms with van der Waals surface area (Å²) in [4.78, 5) is 15.7. The first-order valence-corrected chi connectivity index (χ1v) is 12.6. The fourth-order valence-electron chi connectivity index (χ4n) is 4.36. The zero-order chi connectivity index (χ0) is 22.9. The number of amides is 1. The van der Waals surface area contributed by atoms with Crippen LogP contribution in [0.4, 0.5) is 11.4 Å². The second-order valence-corrected chi connectivity index (χ2v) is 10.8.